The van der Waals surface area contributed by atoms with E-state index in [9.17, 15) is 0 Å². The topological polar surface area (TPSA) is 12.9 Å². The third kappa shape index (κ3) is 2.23. The molecule has 1 nitrogen and oxygen atoms in total. The van der Waals surface area contributed by atoms with Crippen LogP contribution in [0.15, 0.2) is 29.3 Å². The van der Waals surface area contributed by atoms with E-state index in [-0.39, 0.29) is 0 Å². The van der Waals surface area contributed by atoms with Gasteiger partial charge in [0, 0.05) is 6.20 Å². The van der Waals surface area contributed by atoms with Gasteiger partial charge < -0.3 is 0 Å². The molecule has 0 amide bonds. The molecule has 0 radical (unpaired) electrons. The van der Waals surface area contributed by atoms with E-state index in [1.807, 2.05) is 31.2 Å². The zero-order chi connectivity index (χ0) is 7.40. The van der Waals surface area contributed by atoms with E-state index in [0.29, 0.717) is 0 Å². The van der Waals surface area contributed by atoms with E-state index < -0.39 is 0 Å². The van der Waals surface area contributed by atoms with Gasteiger partial charge in [-0.15, -0.1) is 12.6 Å². The van der Waals surface area contributed by atoms with Crippen molar-refractivity contribution in [3.8, 4) is 0 Å². The van der Waals surface area contributed by atoms with Crippen LogP contribution in [-0.4, -0.2) is 4.98 Å². The van der Waals surface area contributed by atoms with E-state index in [2.05, 4.69) is 17.6 Å². The lowest BCUT2D eigenvalue weighted by Crippen LogP contribution is -1.76. The molecule has 0 bridgehead atoms. The van der Waals surface area contributed by atoms with Crippen LogP contribution < -0.4 is 0 Å². The highest BCUT2D eigenvalue weighted by molar-refractivity contribution is 7.84. The van der Waals surface area contributed by atoms with Crippen molar-refractivity contribution >= 4 is 18.7 Å². The van der Waals surface area contributed by atoms with E-state index in [1.54, 1.807) is 6.20 Å². The molecule has 0 spiro atoms. The minimum atomic E-state index is 0.954. The van der Waals surface area contributed by atoms with E-state index in [4.69, 9.17) is 0 Å². The largest absolute Gasteiger partial charge is 0.257 e. The highest BCUT2D eigenvalue weighted by atomic mass is 32.1. The van der Waals surface area contributed by atoms with E-state index in [1.165, 1.54) is 0 Å². The van der Waals surface area contributed by atoms with Crippen LogP contribution in [0.4, 0.5) is 0 Å². The van der Waals surface area contributed by atoms with Gasteiger partial charge in [-0.1, -0.05) is 6.07 Å². The first-order valence-corrected chi connectivity index (χ1v) is 3.52. The van der Waals surface area contributed by atoms with Crippen LogP contribution in [0.2, 0.25) is 0 Å². The number of nitrogens with zero attached hydrogens (tertiary/aromatic N) is 1. The average molecular weight is 151 g/mol. The summed E-state index contributed by atoms with van der Waals surface area (Å²) in [4.78, 5) is 5.06. The highest BCUT2D eigenvalue weighted by Gasteiger charge is 1.84. The fourth-order valence-corrected chi connectivity index (χ4v) is 0.808. The Bertz CT molecular complexity index is 224. The monoisotopic (exact) mass is 151 g/mol. The first-order chi connectivity index (χ1) is 4.79. The molecule has 0 N–H and O–H groups in total. The summed E-state index contributed by atoms with van der Waals surface area (Å²) in [5.74, 6) is 0. The molecule has 0 aromatic carbocycles. The Labute approximate surface area is 66.2 Å². The molecule has 52 valence electrons. The molecule has 1 heterocycles. The van der Waals surface area contributed by atoms with Crippen molar-refractivity contribution in [2.45, 2.75) is 6.92 Å². The van der Waals surface area contributed by atoms with Crippen LogP contribution in [0.3, 0.4) is 0 Å². The van der Waals surface area contributed by atoms with Crippen LogP contribution >= 0.6 is 12.6 Å². The number of hydrogen-bond acceptors (Lipinski definition) is 2. The summed E-state index contributed by atoms with van der Waals surface area (Å²) in [6.45, 7) is 1.93. The van der Waals surface area contributed by atoms with Gasteiger partial charge in [0.1, 0.15) is 0 Å². The van der Waals surface area contributed by atoms with E-state index >= 15 is 0 Å². The molecule has 0 atom stereocenters. The molecule has 0 aliphatic heterocycles. The molecule has 0 aliphatic carbocycles. The summed E-state index contributed by atoms with van der Waals surface area (Å²) in [6.07, 6.45) is 3.69. The maximum atomic E-state index is 4.13. The molecule has 10 heavy (non-hydrogen) atoms. The summed E-state index contributed by atoms with van der Waals surface area (Å²) < 4.78 is 0. The fourth-order valence-electron chi connectivity index (χ4n) is 0.675. The Kier molecular flexibility index (Phi) is 2.51. The minimum Gasteiger partial charge on any atom is -0.257 e. The van der Waals surface area contributed by atoms with Crippen molar-refractivity contribution < 1.29 is 0 Å². The molecule has 0 aliphatic rings. The van der Waals surface area contributed by atoms with Gasteiger partial charge in [-0.25, -0.2) is 0 Å². The Hall–Kier alpha value is -0.760. The first-order valence-electron chi connectivity index (χ1n) is 3.07. The molecule has 1 aromatic heterocycles. The lowest BCUT2D eigenvalue weighted by Gasteiger charge is -1.90. The molecule has 0 unspecified atom stereocenters. The van der Waals surface area contributed by atoms with Crippen LogP contribution in [0.5, 0.6) is 0 Å². The van der Waals surface area contributed by atoms with E-state index in [0.717, 1.165) is 10.6 Å². The predicted octanol–water partition coefficient (Wildman–Crippen LogP) is 2.37. The maximum absolute atomic E-state index is 4.13. The molecule has 1 rings (SSSR count). The van der Waals surface area contributed by atoms with Gasteiger partial charge in [0.2, 0.25) is 0 Å². The quantitative estimate of drug-likeness (QED) is 0.608. The minimum absolute atomic E-state index is 0.954. The smallest absolute Gasteiger partial charge is 0.0637 e. The van der Waals surface area contributed by atoms with Gasteiger partial charge in [-0.2, -0.15) is 0 Å². The normalized spacial score (nSPS) is 11.6. The van der Waals surface area contributed by atoms with Gasteiger partial charge in [-0.05, 0) is 30.0 Å². The number of pyridine rings is 1. The Morgan fingerprint density at radius 2 is 2.40 bits per heavy atom. The van der Waals surface area contributed by atoms with Crippen LogP contribution in [0, 0.1) is 0 Å². The first kappa shape index (κ1) is 7.35. The molecular formula is C8H9NS. The number of thiol groups is 1. The van der Waals surface area contributed by atoms with Crippen molar-refractivity contribution in [1.29, 1.82) is 0 Å². The summed E-state index contributed by atoms with van der Waals surface area (Å²) in [5, 5.41) is 0. The zero-order valence-corrected chi connectivity index (χ0v) is 6.68. The van der Waals surface area contributed by atoms with Gasteiger partial charge in [0.05, 0.1) is 5.69 Å². The number of allylic oxidation sites excluding steroid dienone is 1. The molecule has 0 saturated carbocycles. The zero-order valence-electron chi connectivity index (χ0n) is 5.78. The number of hydrogen-bond donors (Lipinski definition) is 1. The maximum Gasteiger partial charge on any atom is 0.0637 e. The second-order valence-corrected chi connectivity index (χ2v) is 2.75. The Balaban J connectivity index is 2.87. The summed E-state index contributed by atoms with van der Waals surface area (Å²) in [5.41, 5.74) is 0.954. The van der Waals surface area contributed by atoms with Crippen LogP contribution in [0.25, 0.3) is 6.08 Å². The van der Waals surface area contributed by atoms with Crippen molar-refractivity contribution in [3.05, 3.63) is 35.0 Å². The third-order valence-electron chi connectivity index (χ3n) is 1.04. The highest BCUT2D eigenvalue weighted by Crippen LogP contribution is 2.04. The van der Waals surface area contributed by atoms with Crippen molar-refractivity contribution in [2.24, 2.45) is 0 Å². The summed E-state index contributed by atoms with van der Waals surface area (Å²) >= 11 is 4.13. The summed E-state index contributed by atoms with van der Waals surface area (Å²) in [6, 6.07) is 5.79. The molecule has 2 heteroatoms. The van der Waals surface area contributed by atoms with Gasteiger partial charge in [-0.3, -0.25) is 4.98 Å². The standard InChI is InChI=1S/C8H9NS/c1-7(10)6-8-4-2-3-5-9-8/h2-6,10H,1H3/b7-6-. The second-order valence-electron chi connectivity index (χ2n) is 2.04. The Morgan fingerprint density at radius 1 is 1.60 bits per heavy atom. The van der Waals surface area contributed by atoms with Crippen molar-refractivity contribution in [1.82, 2.24) is 4.98 Å². The predicted molar refractivity (Wildman–Crippen MR) is 46.9 cm³/mol. The third-order valence-corrected chi connectivity index (χ3v) is 1.17. The van der Waals surface area contributed by atoms with Crippen LogP contribution in [-0.2, 0) is 0 Å². The number of aromatic nitrogens is 1. The lowest BCUT2D eigenvalue weighted by molar-refractivity contribution is 1.29. The SMILES string of the molecule is C/C(S)=C/c1ccccn1. The number of rotatable bonds is 1. The van der Waals surface area contributed by atoms with Gasteiger partial charge in [0.15, 0.2) is 0 Å². The fraction of sp³-hybridized carbons (Fsp3) is 0.125. The van der Waals surface area contributed by atoms with Gasteiger partial charge >= 0.3 is 0 Å². The molecule has 0 fully saturated rings. The lowest BCUT2D eigenvalue weighted by atomic mass is 10.3. The van der Waals surface area contributed by atoms with Crippen molar-refractivity contribution in [3.63, 3.8) is 0 Å². The van der Waals surface area contributed by atoms with Crippen LogP contribution in [0.1, 0.15) is 12.6 Å². The Morgan fingerprint density at radius 3 is 2.90 bits per heavy atom. The van der Waals surface area contributed by atoms with Gasteiger partial charge in [0.25, 0.3) is 0 Å². The van der Waals surface area contributed by atoms with Crippen molar-refractivity contribution in [2.75, 3.05) is 0 Å². The molecule has 1 aromatic rings. The molecular weight excluding hydrogens is 142 g/mol. The second kappa shape index (κ2) is 3.42. The summed E-state index contributed by atoms with van der Waals surface area (Å²) in [7, 11) is 0. The average Bonchev–Trinajstić information content (AvgIpc) is 1.88. The molecule has 0 saturated heterocycles.